The second-order valence-electron chi connectivity index (χ2n) is 11.1. The first-order valence-electron chi connectivity index (χ1n) is 15.2. The van der Waals surface area contributed by atoms with Gasteiger partial charge in [0.1, 0.15) is 5.82 Å². The van der Waals surface area contributed by atoms with Crippen LogP contribution in [-0.4, -0.2) is 13.2 Å². The minimum Gasteiger partial charge on any atom is -0.348 e. The number of benzene rings is 3. The average Bonchev–Trinajstić information content (AvgIpc) is 2.99. The molecule has 0 bridgehead atoms. The second-order valence-corrected chi connectivity index (χ2v) is 11.1. The number of allylic oxidation sites excluding steroid dienone is 2. The molecule has 2 nitrogen and oxygen atoms in total. The number of aryl methyl sites for hydroxylation is 1. The standard InChI is InChI=1S/C36H43F3O2/c1-3-5-7-8-9-10-12-14-29-19-22-32(35(39)34(29)38)28-17-15-27(16-18-28)31-21-20-30(23-33(31)37)36-40-24-26(25-41-36)13-11-6-4-2/h4,6,15-23,26,36H,3,5,7-14,24-25H2,1-2H3. The maximum Gasteiger partial charge on any atom is 0.183 e. The summed E-state index contributed by atoms with van der Waals surface area (Å²) in [7, 11) is 0. The monoisotopic (exact) mass is 564 g/mol. The molecule has 0 aliphatic carbocycles. The summed E-state index contributed by atoms with van der Waals surface area (Å²) in [5.74, 6) is -1.64. The Labute approximate surface area is 243 Å². The van der Waals surface area contributed by atoms with Crippen molar-refractivity contribution in [2.45, 2.75) is 84.3 Å². The van der Waals surface area contributed by atoms with Crippen molar-refractivity contribution in [1.29, 1.82) is 0 Å². The molecule has 1 fully saturated rings. The number of unbranched alkanes of at least 4 members (excludes halogenated alkanes) is 6. The molecule has 0 spiro atoms. The first-order valence-corrected chi connectivity index (χ1v) is 15.2. The van der Waals surface area contributed by atoms with Crippen LogP contribution in [0.4, 0.5) is 13.2 Å². The van der Waals surface area contributed by atoms with E-state index in [-0.39, 0.29) is 11.4 Å². The second kappa shape index (κ2) is 15.9. The zero-order chi connectivity index (χ0) is 29.0. The number of rotatable bonds is 14. The molecule has 0 unspecified atom stereocenters. The third-order valence-electron chi connectivity index (χ3n) is 7.93. The predicted molar refractivity (Wildman–Crippen MR) is 161 cm³/mol. The lowest BCUT2D eigenvalue weighted by Gasteiger charge is -2.29. The molecule has 3 aromatic carbocycles. The zero-order valence-corrected chi connectivity index (χ0v) is 24.4. The molecule has 1 aliphatic rings. The molecule has 3 aromatic rings. The van der Waals surface area contributed by atoms with Crippen molar-refractivity contribution in [2.75, 3.05) is 13.2 Å². The van der Waals surface area contributed by atoms with Crippen LogP contribution < -0.4 is 0 Å². The summed E-state index contributed by atoms with van der Waals surface area (Å²) < 4.78 is 56.7. The molecular weight excluding hydrogens is 521 g/mol. The molecule has 0 radical (unpaired) electrons. The number of ether oxygens (including phenoxy) is 2. The average molecular weight is 565 g/mol. The molecule has 0 saturated carbocycles. The molecule has 220 valence electrons. The molecule has 1 heterocycles. The molecule has 1 aliphatic heterocycles. The molecule has 0 N–H and O–H groups in total. The lowest BCUT2D eigenvalue weighted by Crippen LogP contribution is -2.27. The van der Waals surface area contributed by atoms with E-state index in [1.54, 1.807) is 42.5 Å². The smallest absolute Gasteiger partial charge is 0.183 e. The van der Waals surface area contributed by atoms with Crippen LogP contribution in [0.1, 0.15) is 89.1 Å². The molecule has 4 rings (SSSR count). The van der Waals surface area contributed by atoms with Gasteiger partial charge in [0.05, 0.1) is 13.2 Å². The molecule has 0 aromatic heterocycles. The van der Waals surface area contributed by atoms with E-state index in [1.165, 1.54) is 31.7 Å². The van der Waals surface area contributed by atoms with Gasteiger partial charge in [-0.2, -0.15) is 0 Å². The number of hydrogen-bond acceptors (Lipinski definition) is 2. The fourth-order valence-electron chi connectivity index (χ4n) is 5.42. The largest absolute Gasteiger partial charge is 0.348 e. The van der Waals surface area contributed by atoms with Crippen LogP contribution in [0.3, 0.4) is 0 Å². The van der Waals surface area contributed by atoms with E-state index in [4.69, 9.17) is 9.47 Å². The Balaban J connectivity index is 1.35. The summed E-state index contributed by atoms with van der Waals surface area (Å²) >= 11 is 0. The summed E-state index contributed by atoms with van der Waals surface area (Å²) in [6.45, 7) is 5.38. The van der Waals surface area contributed by atoms with Crippen LogP contribution in [0, 0.1) is 23.4 Å². The zero-order valence-electron chi connectivity index (χ0n) is 24.4. The molecule has 5 heteroatoms. The van der Waals surface area contributed by atoms with Gasteiger partial charge in [-0.05, 0) is 55.4 Å². The van der Waals surface area contributed by atoms with Crippen molar-refractivity contribution in [2.24, 2.45) is 5.92 Å². The summed E-state index contributed by atoms with van der Waals surface area (Å²) in [6, 6.07) is 15.2. The summed E-state index contributed by atoms with van der Waals surface area (Å²) in [6.07, 6.45) is 14.1. The van der Waals surface area contributed by atoms with Crippen molar-refractivity contribution >= 4 is 0 Å². The van der Waals surface area contributed by atoms with Crippen LogP contribution in [0.2, 0.25) is 0 Å². The maximum absolute atomic E-state index is 15.1. The normalized spacial score (nSPS) is 17.4. The van der Waals surface area contributed by atoms with Gasteiger partial charge in [-0.3, -0.25) is 0 Å². The van der Waals surface area contributed by atoms with Gasteiger partial charge in [0.2, 0.25) is 0 Å². The predicted octanol–water partition coefficient (Wildman–Crippen LogP) is 10.7. The Hall–Kier alpha value is -2.89. The van der Waals surface area contributed by atoms with E-state index < -0.39 is 17.9 Å². The SMILES string of the molecule is CC=CCCC1COC(c2ccc(-c3ccc(-c4ccc(CCCCCCCCC)c(F)c4F)cc3)c(F)c2)OC1. The Morgan fingerprint density at radius 1 is 0.756 bits per heavy atom. The minimum absolute atomic E-state index is 0.212. The quantitative estimate of drug-likeness (QED) is 0.143. The van der Waals surface area contributed by atoms with Gasteiger partial charge in [-0.15, -0.1) is 0 Å². The first-order chi connectivity index (χ1) is 20.0. The Bertz CT molecular complexity index is 1260. The van der Waals surface area contributed by atoms with Gasteiger partial charge in [0.25, 0.3) is 0 Å². The highest BCUT2D eigenvalue weighted by atomic mass is 19.2. The first kappa shape index (κ1) is 31.1. The topological polar surface area (TPSA) is 18.5 Å². The van der Waals surface area contributed by atoms with Crippen molar-refractivity contribution in [3.05, 3.63) is 95.3 Å². The van der Waals surface area contributed by atoms with Crippen LogP contribution in [0.5, 0.6) is 0 Å². The molecule has 0 amide bonds. The van der Waals surface area contributed by atoms with Crippen LogP contribution in [0.15, 0.2) is 66.7 Å². The number of hydrogen-bond donors (Lipinski definition) is 0. The summed E-state index contributed by atoms with van der Waals surface area (Å²) in [5, 5.41) is 0. The third kappa shape index (κ3) is 8.56. The fraction of sp³-hybridized carbons (Fsp3) is 0.444. The number of halogens is 3. The minimum atomic E-state index is -0.828. The van der Waals surface area contributed by atoms with Crippen molar-refractivity contribution in [1.82, 2.24) is 0 Å². The van der Waals surface area contributed by atoms with Crippen molar-refractivity contribution in [3.63, 3.8) is 0 Å². The van der Waals surface area contributed by atoms with E-state index in [0.29, 0.717) is 53.4 Å². The van der Waals surface area contributed by atoms with Crippen molar-refractivity contribution in [3.8, 4) is 22.3 Å². The summed E-state index contributed by atoms with van der Waals surface area (Å²) in [5.41, 5.74) is 2.92. The maximum atomic E-state index is 15.1. The van der Waals surface area contributed by atoms with Crippen LogP contribution >= 0.6 is 0 Å². The Kier molecular flexibility index (Phi) is 12.1. The summed E-state index contributed by atoms with van der Waals surface area (Å²) in [4.78, 5) is 0. The van der Waals surface area contributed by atoms with Gasteiger partial charge in [0, 0.05) is 22.6 Å². The highest BCUT2D eigenvalue weighted by molar-refractivity contribution is 5.71. The van der Waals surface area contributed by atoms with E-state index >= 15 is 8.78 Å². The molecule has 1 saturated heterocycles. The van der Waals surface area contributed by atoms with Gasteiger partial charge < -0.3 is 9.47 Å². The van der Waals surface area contributed by atoms with Gasteiger partial charge in [-0.25, -0.2) is 13.2 Å². The van der Waals surface area contributed by atoms with E-state index in [1.807, 2.05) is 19.1 Å². The van der Waals surface area contributed by atoms with Crippen LogP contribution in [0.25, 0.3) is 22.3 Å². The lowest BCUT2D eigenvalue weighted by molar-refractivity contribution is -0.205. The van der Waals surface area contributed by atoms with Crippen LogP contribution in [-0.2, 0) is 15.9 Å². The molecular formula is C36H43F3O2. The Morgan fingerprint density at radius 3 is 2.05 bits per heavy atom. The van der Waals surface area contributed by atoms with E-state index in [2.05, 4.69) is 13.0 Å². The lowest BCUT2D eigenvalue weighted by atomic mass is 9.96. The molecule has 0 atom stereocenters. The van der Waals surface area contributed by atoms with E-state index in [0.717, 1.165) is 32.1 Å². The van der Waals surface area contributed by atoms with E-state index in [9.17, 15) is 4.39 Å². The van der Waals surface area contributed by atoms with Gasteiger partial charge >= 0.3 is 0 Å². The fourth-order valence-corrected chi connectivity index (χ4v) is 5.42. The van der Waals surface area contributed by atoms with Crippen molar-refractivity contribution < 1.29 is 22.6 Å². The van der Waals surface area contributed by atoms with Gasteiger partial charge in [0.15, 0.2) is 17.9 Å². The highest BCUT2D eigenvalue weighted by Gasteiger charge is 2.24. The Morgan fingerprint density at radius 2 is 1.39 bits per heavy atom. The third-order valence-corrected chi connectivity index (χ3v) is 7.93. The molecule has 41 heavy (non-hydrogen) atoms. The van der Waals surface area contributed by atoms with Gasteiger partial charge in [-0.1, -0.05) is 106 Å². The highest BCUT2D eigenvalue weighted by Crippen LogP contribution is 2.33.